The van der Waals surface area contributed by atoms with Gasteiger partial charge in [0.1, 0.15) is 6.61 Å². The van der Waals surface area contributed by atoms with Gasteiger partial charge in [0.2, 0.25) is 0 Å². The van der Waals surface area contributed by atoms with Gasteiger partial charge in [-0.05, 0) is 25.0 Å². The lowest BCUT2D eigenvalue weighted by atomic mass is 10.1. The molecule has 0 aliphatic heterocycles. The molecule has 1 aliphatic carbocycles. The summed E-state index contributed by atoms with van der Waals surface area (Å²) in [5.41, 5.74) is -0.536. The molecule has 0 spiro atoms. The Balaban J connectivity index is 2.13. The van der Waals surface area contributed by atoms with Gasteiger partial charge in [-0.3, -0.25) is 0 Å². The largest absolute Gasteiger partial charge is 0.486 e. The number of benzene rings is 1. The van der Waals surface area contributed by atoms with Crippen LogP contribution in [0.15, 0.2) is 16.6 Å². The maximum Gasteiger partial charge on any atom is 0.190 e. The van der Waals surface area contributed by atoms with Gasteiger partial charge in [0.15, 0.2) is 17.4 Å². The first-order valence-corrected chi connectivity index (χ1v) is 5.54. The molecule has 1 fully saturated rings. The van der Waals surface area contributed by atoms with E-state index in [9.17, 15) is 8.78 Å². The summed E-state index contributed by atoms with van der Waals surface area (Å²) in [7, 11) is 0. The van der Waals surface area contributed by atoms with Crippen LogP contribution in [0, 0.1) is 28.4 Å². The van der Waals surface area contributed by atoms with Crippen LogP contribution in [-0.4, -0.2) is 6.61 Å². The fourth-order valence-electron chi connectivity index (χ4n) is 1.32. The molecule has 0 amide bonds. The van der Waals surface area contributed by atoms with E-state index in [1.807, 2.05) is 0 Å². The number of halogens is 3. The molecule has 2 nitrogen and oxygen atoms in total. The lowest BCUT2D eigenvalue weighted by molar-refractivity contribution is 0.245. The molecule has 0 heterocycles. The predicted octanol–water partition coefficient (Wildman–Crippen LogP) is 3.41. The third-order valence-electron chi connectivity index (χ3n) is 2.55. The Morgan fingerprint density at radius 1 is 1.38 bits per heavy atom. The quantitative estimate of drug-likeness (QED) is 0.854. The average Bonchev–Trinajstić information content (AvgIpc) is 2.97. The van der Waals surface area contributed by atoms with Crippen molar-refractivity contribution in [3.63, 3.8) is 0 Å². The molecule has 16 heavy (non-hydrogen) atoms. The number of nitrogens with zero attached hydrogens (tertiary/aromatic N) is 1. The lowest BCUT2D eigenvalue weighted by Crippen LogP contribution is -2.12. The molecule has 5 heteroatoms. The molecule has 0 saturated heterocycles. The number of hydrogen-bond acceptors (Lipinski definition) is 2. The van der Waals surface area contributed by atoms with E-state index in [0.29, 0.717) is 4.47 Å². The van der Waals surface area contributed by atoms with Gasteiger partial charge in [0.25, 0.3) is 0 Å². The van der Waals surface area contributed by atoms with Crippen molar-refractivity contribution < 1.29 is 13.5 Å². The van der Waals surface area contributed by atoms with E-state index in [4.69, 9.17) is 10.00 Å². The highest BCUT2D eigenvalue weighted by Gasteiger charge is 2.44. The summed E-state index contributed by atoms with van der Waals surface area (Å²) in [6, 6.07) is 4.35. The highest BCUT2D eigenvalue weighted by Crippen LogP contribution is 2.45. The average molecular weight is 288 g/mol. The Bertz CT molecular complexity index is 443. The molecule has 0 bridgehead atoms. The minimum absolute atomic E-state index is 0.0406. The molecule has 0 N–H and O–H groups in total. The fourth-order valence-corrected chi connectivity index (χ4v) is 1.72. The molecular weight excluding hydrogens is 280 g/mol. The third-order valence-corrected chi connectivity index (χ3v) is 3.00. The zero-order valence-electron chi connectivity index (χ0n) is 8.27. The molecule has 2 rings (SSSR count). The molecule has 0 unspecified atom stereocenters. The van der Waals surface area contributed by atoms with Crippen LogP contribution in [0.2, 0.25) is 0 Å². The number of rotatable bonds is 3. The Morgan fingerprint density at radius 3 is 2.38 bits per heavy atom. The van der Waals surface area contributed by atoms with Crippen molar-refractivity contribution in [2.45, 2.75) is 12.8 Å². The molecule has 1 saturated carbocycles. The van der Waals surface area contributed by atoms with Crippen LogP contribution in [0.4, 0.5) is 8.78 Å². The standard InChI is InChI=1S/C11H8BrF2NO/c12-7-3-8(13)10(9(14)4-7)16-6-11(5-15)1-2-11/h3-4H,1-2,6H2. The first-order chi connectivity index (χ1) is 7.56. The van der Waals surface area contributed by atoms with E-state index >= 15 is 0 Å². The summed E-state index contributed by atoms with van der Waals surface area (Å²) >= 11 is 2.98. The van der Waals surface area contributed by atoms with Crippen molar-refractivity contribution in [1.82, 2.24) is 0 Å². The second-order valence-electron chi connectivity index (χ2n) is 3.88. The molecule has 0 aromatic heterocycles. The molecular formula is C11H8BrF2NO. The van der Waals surface area contributed by atoms with E-state index in [-0.39, 0.29) is 6.61 Å². The van der Waals surface area contributed by atoms with E-state index < -0.39 is 22.8 Å². The van der Waals surface area contributed by atoms with Crippen LogP contribution < -0.4 is 4.74 Å². The van der Waals surface area contributed by atoms with E-state index in [0.717, 1.165) is 25.0 Å². The van der Waals surface area contributed by atoms with Gasteiger partial charge in [0, 0.05) is 4.47 Å². The van der Waals surface area contributed by atoms with Crippen LogP contribution in [-0.2, 0) is 0 Å². The molecule has 1 aliphatic rings. The second kappa shape index (κ2) is 4.02. The van der Waals surface area contributed by atoms with E-state index in [1.54, 1.807) is 0 Å². The molecule has 0 radical (unpaired) electrons. The number of ether oxygens (including phenoxy) is 1. The maximum absolute atomic E-state index is 13.3. The van der Waals surface area contributed by atoms with Crippen molar-refractivity contribution in [2.24, 2.45) is 5.41 Å². The smallest absolute Gasteiger partial charge is 0.190 e. The summed E-state index contributed by atoms with van der Waals surface area (Å²) < 4.78 is 32.0. The van der Waals surface area contributed by atoms with Gasteiger partial charge >= 0.3 is 0 Å². The van der Waals surface area contributed by atoms with Gasteiger partial charge in [0.05, 0.1) is 11.5 Å². The van der Waals surface area contributed by atoms with Crippen LogP contribution in [0.3, 0.4) is 0 Å². The topological polar surface area (TPSA) is 33.0 Å². The monoisotopic (exact) mass is 287 g/mol. The van der Waals surface area contributed by atoms with Gasteiger partial charge < -0.3 is 4.74 Å². The highest BCUT2D eigenvalue weighted by molar-refractivity contribution is 9.10. The van der Waals surface area contributed by atoms with Gasteiger partial charge in [-0.15, -0.1) is 0 Å². The minimum Gasteiger partial charge on any atom is -0.486 e. The number of nitriles is 1. The molecule has 84 valence electrons. The Hall–Kier alpha value is -1.15. The van der Waals surface area contributed by atoms with Crippen molar-refractivity contribution in [3.8, 4) is 11.8 Å². The SMILES string of the molecule is N#CC1(COc2c(F)cc(Br)cc2F)CC1. The first kappa shape index (κ1) is 11.3. The van der Waals surface area contributed by atoms with Gasteiger partial charge in [-0.2, -0.15) is 5.26 Å². The predicted molar refractivity (Wildman–Crippen MR) is 56.8 cm³/mol. The zero-order valence-corrected chi connectivity index (χ0v) is 9.85. The van der Waals surface area contributed by atoms with Gasteiger partial charge in [-0.1, -0.05) is 15.9 Å². The summed E-state index contributed by atoms with van der Waals surface area (Å²) in [5.74, 6) is -1.94. The van der Waals surface area contributed by atoms with Crippen LogP contribution in [0.5, 0.6) is 5.75 Å². The molecule has 0 atom stereocenters. The summed E-state index contributed by atoms with van der Waals surface area (Å²) in [5, 5.41) is 8.79. The highest BCUT2D eigenvalue weighted by atomic mass is 79.9. The Morgan fingerprint density at radius 2 is 1.94 bits per heavy atom. The molecule has 1 aromatic carbocycles. The summed E-state index contributed by atoms with van der Waals surface area (Å²) in [6.07, 6.45) is 1.45. The Labute approximate surface area is 100.0 Å². The zero-order chi connectivity index (χ0) is 11.8. The van der Waals surface area contributed by atoms with E-state index in [1.165, 1.54) is 0 Å². The third kappa shape index (κ3) is 2.17. The maximum atomic E-state index is 13.3. The first-order valence-electron chi connectivity index (χ1n) is 4.75. The van der Waals surface area contributed by atoms with Crippen LogP contribution >= 0.6 is 15.9 Å². The second-order valence-corrected chi connectivity index (χ2v) is 4.80. The molecule has 1 aromatic rings. The van der Waals surface area contributed by atoms with Crippen molar-refractivity contribution in [1.29, 1.82) is 5.26 Å². The lowest BCUT2D eigenvalue weighted by Gasteiger charge is -2.10. The van der Waals surface area contributed by atoms with Crippen LogP contribution in [0.25, 0.3) is 0 Å². The minimum atomic E-state index is -0.763. The fraction of sp³-hybridized carbons (Fsp3) is 0.364. The van der Waals surface area contributed by atoms with Crippen molar-refractivity contribution in [2.75, 3.05) is 6.61 Å². The van der Waals surface area contributed by atoms with E-state index in [2.05, 4.69) is 22.0 Å². The Kier molecular flexibility index (Phi) is 2.85. The van der Waals surface area contributed by atoms with Crippen molar-refractivity contribution >= 4 is 15.9 Å². The summed E-state index contributed by atoms with van der Waals surface area (Å²) in [4.78, 5) is 0. The number of hydrogen-bond donors (Lipinski definition) is 0. The van der Waals surface area contributed by atoms with Crippen LogP contribution in [0.1, 0.15) is 12.8 Å². The van der Waals surface area contributed by atoms with Crippen molar-refractivity contribution in [3.05, 3.63) is 28.2 Å². The summed E-state index contributed by atoms with van der Waals surface area (Å²) in [6.45, 7) is 0.0406. The van der Waals surface area contributed by atoms with Gasteiger partial charge in [-0.25, -0.2) is 8.78 Å². The normalized spacial score (nSPS) is 16.6.